The van der Waals surface area contributed by atoms with E-state index in [0.717, 1.165) is 27.0 Å². The third kappa shape index (κ3) is 1.74. The molecule has 0 aliphatic rings. The molecule has 0 fully saturated rings. The number of benzene rings is 1. The van der Waals surface area contributed by atoms with E-state index in [1.54, 1.807) is 15.9 Å². The Kier molecular flexibility index (Phi) is 2.52. The lowest BCUT2D eigenvalue weighted by Crippen LogP contribution is -1.94. The van der Waals surface area contributed by atoms with Crippen molar-refractivity contribution in [2.45, 2.75) is 19.8 Å². The van der Waals surface area contributed by atoms with E-state index in [-0.39, 0.29) is 0 Å². The monoisotopic (exact) mass is 259 g/mol. The minimum absolute atomic E-state index is 0.399. The van der Waals surface area contributed by atoms with Gasteiger partial charge in [-0.25, -0.2) is 0 Å². The van der Waals surface area contributed by atoms with E-state index in [1.807, 2.05) is 24.3 Å². The van der Waals surface area contributed by atoms with Gasteiger partial charge in [0.2, 0.25) is 4.96 Å². The van der Waals surface area contributed by atoms with Gasteiger partial charge in [-0.1, -0.05) is 25.2 Å². The summed E-state index contributed by atoms with van der Waals surface area (Å²) in [5.74, 6) is 1.16. The lowest BCUT2D eigenvalue weighted by Gasteiger charge is -1.98. The molecule has 0 aliphatic heterocycles. The van der Waals surface area contributed by atoms with Gasteiger partial charge in [-0.2, -0.15) is 9.61 Å². The molecule has 0 bridgehead atoms. The molecule has 3 rings (SSSR count). The molecule has 18 heavy (non-hydrogen) atoms. The van der Waals surface area contributed by atoms with Crippen LogP contribution >= 0.6 is 11.3 Å². The molecule has 0 saturated heterocycles. The van der Waals surface area contributed by atoms with Crippen molar-refractivity contribution in [3.05, 3.63) is 29.3 Å². The Labute approximate surface area is 108 Å². The number of anilines is 1. The van der Waals surface area contributed by atoms with Crippen molar-refractivity contribution in [1.29, 1.82) is 0 Å². The molecule has 0 amide bonds. The number of hydrogen-bond donors (Lipinski definition) is 1. The quantitative estimate of drug-likeness (QED) is 0.718. The van der Waals surface area contributed by atoms with Crippen LogP contribution in [0.1, 0.15) is 24.8 Å². The van der Waals surface area contributed by atoms with E-state index in [4.69, 9.17) is 5.73 Å². The van der Waals surface area contributed by atoms with Crippen LogP contribution in [0.4, 0.5) is 5.69 Å². The summed E-state index contributed by atoms with van der Waals surface area (Å²) in [5, 5.41) is 14.0. The Bertz CT molecular complexity index is 680. The number of nitrogen functional groups attached to an aromatic ring is 1. The zero-order valence-electron chi connectivity index (χ0n) is 10.2. The van der Waals surface area contributed by atoms with Crippen LogP contribution in [0.15, 0.2) is 24.3 Å². The Morgan fingerprint density at radius 2 is 1.89 bits per heavy atom. The second-order valence-electron chi connectivity index (χ2n) is 4.43. The van der Waals surface area contributed by atoms with Gasteiger partial charge in [-0.15, -0.1) is 10.2 Å². The lowest BCUT2D eigenvalue weighted by molar-refractivity contribution is 0.802. The van der Waals surface area contributed by atoms with E-state index in [1.165, 1.54) is 0 Å². The Morgan fingerprint density at radius 1 is 1.17 bits per heavy atom. The molecule has 0 atom stereocenters. The fraction of sp³-hybridized carbons (Fsp3) is 0.250. The third-order valence-electron chi connectivity index (χ3n) is 2.67. The summed E-state index contributed by atoms with van der Waals surface area (Å²) in [7, 11) is 0. The van der Waals surface area contributed by atoms with Crippen LogP contribution < -0.4 is 5.73 Å². The van der Waals surface area contributed by atoms with Gasteiger partial charge in [0.05, 0.1) is 0 Å². The van der Waals surface area contributed by atoms with Crippen molar-refractivity contribution in [1.82, 2.24) is 19.8 Å². The summed E-state index contributed by atoms with van der Waals surface area (Å²) in [6, 6.07) is 7.57. The van der Waals surface area contributed by atoms with Crippen molar-refractivity contribution in [2.24, 2.45) is 0 Å². The molecule has 0 saturated carbocycles. The minimum atomic E-state index is 0.399. The number of hydrogen-bond acceptors (Lipinski definition) is 5. The van der Waals surface area contributed by atoms with Crippen molar-refractivity contribution in [2.75, 3.05) is 5.73 Å². The van der Waals surface area contributed by atoms with Gasteiger partial charge in [-0.3, -0.25) is 0 Å². The molecular formula is C12H13N5S. The molecule has 0 unspecified atom stereocenters. The van der Waals surface area contributed by atoms with Gasteiger partial charge in [0.25, 0.3) is 0 Å². The highest BCUT2D eigenvalue weighted by Gasteiger charge is 2.14. The van der Waals surface area contributed by atoms with Crippen LogP contribution in [0.3, 0.4) is 0 Å². The Balaban J connectivity index is 2.14. The zero-order valence-corrected chi connectivity index (χ0v) is 11.0. The average Bonchev–Trinajstić information content (AvgIpc) is 2.89. The number of rotatable bonds is 2. The number of aromatic nitrogens is 4. The summed E-state index contributed by atoms with van der Waals surface area (Å²) >= 11 is 1.58. The van der Waals surface area contributed by atoms with Gasteiger partial charge in [0.1, 0.15) is 5.01 Å². The largest absolute Gasteiger partial charge is 0.399 e. The number of fused-ring (bicyclic) bond motifs is 1. The van der Waals surface area contributed by atoms with Crippen LogP contribution in [0.2, 0.25) is 0 Å². The van der Waals surface area contributed by atoms with E-state index < -0.39 is 0 Å². The SMILES string of the molecule is CC(C)c1nn2c(-c3ccc(N)cc3)nnc2s1. The molecule has 1 aromatic carbocycles. The van der Waals surface area contributed by atoms with E-state index >= 15 is 0 Å². The molecule has 0 aliphatic carbocycles. The molecule has 2 aromatic heterocycles. The molecule has 92 valence electrons. The predicted octanol–water partition coefficient (Wildman–Crippen LogP) is 2.56. The number of nitrogens with two attached hydrogens (primary N) is 1. The second kappa shape index (κ2) is 4.06. The van der Waals surface area contributed by atoms with Crippen molar-refractivity contribution >= 4 is 22.0 Å². The summed E-state index contributed by atoms with van der Waals surface area (Å²) in [5.41, 5.74) is 7.39. The normalized spacial score (nSPS) is 11.5. The summed E-state index contributed by atoms with van der Waals surface area (Å²) in [4.78, 5) is 0.825. The van der Waals surface area contributed by atoms with Crippen LogP contribution in [-0.4, -0.2) is 19.8 Å². The standard InChI is InChI=1S/C12H13N5S/c1-7(2)11-16-17-10(14-15-12(17)18-11)8-3-5-9(13)6-4-8/h3-7H,13H2,1-2H3. The molecule has 0 radical (unpaired) electrons. The minimum Gasteiger partial charge on any atom is -0.399 e. The first-order valence-corrected chi connectivity index (χ1v) is 6.55. The predicted molar refractivity (Wildman–Crippen MR) is 72.6 cm³/mol. The van der Waals surface area contributed by atoms with Gasteiger partial charge in [-0.05, 0) is 24.3 Å². The summed E-state index contributed by atoms with van der Waals surface area (Å²) in [6.07, 6.45) is 0. The van der Waals surface area contributed by atoms with Crippen LogP contribution in [0.5, 0.6) is 0 Å². The van der Waals surface area contributed by atoms with Gasteiger partial charge >= 0.3 is 0 Å². The highest BCUT2D eigenvalue weighted by Crippen LogP contribution is 2.25. The van der Waals surface area contributed by atoms with Gasteiger partial charge in [0, 0.05) is 17.2 Å². The maximum absolute atomic E-state index is 5.68. The summed E-state index contributed by atoms with van der Waals surface area (Å²) in [6.45, 7) is 4.24. The smallest absolute Gasteiger partial charge is 0.234 e. The lowest BCUT2D eigenvalue weighted by atomic mass is 10.2. The molecule has 5 nitrogen and oxygen atoms in total. The molecular weight excluding hydrogens is 246 g/mol. The maximum atomic E-state index is 5.68. The topological polar surface area (TPSA) is 69.1 Å². The average molecular weight is 259 g/mol. The van der Waals surface area contributed by atoms with Gasteiger partial charge < -0.3 is 5.73 Å². The highest BCUT2D eigenvalue weighted by atomic mass is 32.1. The van der Waals surface area contributed by atoms with E-state index in [0.29, 0.717) is 5.92 Å². The maximum Gasteiger partial charge on any atom is 0.234 e. The molecule has 2 N–H and O–H groups in total. The first kappa shape index (κ1) is 11.2. The molecule has 2 heterocycles. The van der Waals surface area contributed by atoms with E-state index in [9.17, 15) is 0 Å². The third-order valence-corrected chi connectivity index (χ3v) is 3.87. The van der Waals surface area contributed by atoms with Gasteiger partial charge in [0.15, 0.2) is 5.82 Å². The fourth-order valence-corrected chi connectivity index (χ4v) is 2.52. The second-order valence-corrected chi connectivity index (χ2v) is 5.42. The van der Waals surface area contributed by atoms with Crippen LogP contribution in [0.25, 0.3) is 16.3 Å². The van der Waals surface area contributed by atoms with Crippen molar-refractivity contribution < 1.29 is 0 Å². The first-order valence-electron chi connectivity index (χ1n) is 5.73. The van der Waals surface area contributed by atoms with Crippen LogP contribution in [-0.2, 0) is 0 Å². The van der Waals surface area contributed by atoms with E-state index in [2.05, 4.69) is 29.1 Å². The Morgan fingerprint density at radius 3 is 2.56 bits per heavy atom. The van der Waals surface area contributed by atoms with Crippen LogP contribution in [0, 0.1) is 0 Å². The summed E-state index contributed by atoms with van der Waals surface area (Å²) < 4.78 is 1.80. The molecule has 3 aromatic rings. The molecule has 0 spiro atoms. The number of nitrogens with zero attached hydrogens (tertiary/aromatic N) is 4. The first-order chi connectivity index (χ1) is 8.65. The van der Waals surface area contributed by atoms with Crippen molar-refractivity contribution in [3.8, 4) is 11.4 Å². The van der Waals surface area contributed by atoms with Crippen molar-refractivity contribution in [3.63, 3.8) is 0 Å². The highest BCUT2D eigenvalue weighted by molar-refractivity contribution is 7.16. The Hall–Kier alpha value is -1.95. The fourth-order valence-electron chi connectivity index (χ4n) is 1.68. The zero-order chi connectivity index (χ0) is 12.7. The molecule has 6 heteroatoms.